The van der Waals surface area contributed by atoms with E-state index in [-0.39, 0.29) is 5.41 Å². The zero-order valence-electron chi connectivity index (χ0n) is 11.8. The molecule has 0 radical (unpaired) electrons. The molecule has 0 bridgehead atoms. The van der Waals surface area contributed by atoms with E-state index in [2.05, 4.69) is 4.74 Å². The standard InChI is InChI=1S/C14H20N2O5/c1-14(5-3-2-4-6-14)8-10(16)13(20)21-12(19)9(15)7-11(17)18/h2-5,9-10H,6-8,15-16H2,1H3,(H,17,18)/t9-,10-,14?/m0/s1. The Morgan fingerprint density at radius 1 is 1.24 bits per heavy atom. The molecule has 0 aromatic rings. The fourth-order valence-corrected chi connectivity index (χ4v) is 2.03. The summed E-state index contributed by atoms with van der Waals surface area (Å²) in [6.45, 7) is 1.94. The van der Waals surface area contributed by atoms with Gasteiger partial charge in [0.05, 0.1) is 6.42 Å². The summed E-state index contributed by atoms with van der Waals surface area (Å²) >= 11 is 0. The van der Waals surface area contributed by atoms with E-state index in [1.807, 2.05) is 31.2 Å². The molecule has 1 aliphatic rings. The normalized spacial score (nSPS) is 23.4. The van der Waals surface area contributed by atoms with Crippen LogP contribution in [0.25, 0.3) is 0 Å². The summed E-state index contributed by atoms with van der Waals surface area (Å²) in [4.78, 5) is 33.6. The van der Waals surface area contributed by atoms with Crippen molar-refractivity contribution >= 4 is 17.9 Å². The average molecular weight is 296 g/mol. The van der Waals surface area contributed by atoms with Gasteiger partial charge in [0.2, 0.25) is 0 Å². The Hall–Kier alpha value is -1.99. The summed E-state index contributed by atoms with van der Waals surface area (Å²) in [6.07, 6.45) is 8.12. The van der Waals surface area contributed by atoms with E-state index in [0.29, 0.717) is 6.42 Å². The van der Waals surface area contributed by atoms with Crippen LogP contribution in [-0.4, -0.2) is 35.1 Å². The first-order valence-corrected chi connectivity index (χ1v) is 6.56. The number of carbonyl (C=O) groups is 3. The topological polar surface area (TPSA) is 133 Å². The van der Waals surface area contributed by atoms with Crippen molar-refractivity contribution in [3.8, 4) is 0 Å². The number of carboxylic acids is 1. The summed E-state index contributed by atoms with van der Waals surface area (Å²) in [6, 6.07) is -2.36. The van der Waals surface area contributed by atoms with Gasteiger partial charge < -0.3 is 21.3 Å². The van der Waals surface area contributed by atoms with Gasteiger partial charge in [-0.1, -0.05) is 31.2 Å². The molecular weight excluding hydrogens is 276 g/mol. The third kappa shape index (κ3) is 5.49. The maximum atomic E-state index is 11.7. The molecule has 0 saturated heterocycles. The summed E-state index contributed by atoms with van der Waals surface area (Å²) in [5.74, 6) is -3.23. The molecule has 0 fully saturated rings. The number of carbonyl (C=O) groups excluding carboxylic acids is 2. The number of hydrogen-bond acceptors (Lipinski definition) is 6. The molecule has 0 saturated carbocycles. The second-order valence-corrected chi connectivity index (χ2v) is 5.40. The molecule has 7 heteroatoms. The summed E-state index contributed by atoms with van der Waals surface area (Å²) in [5.41, 5.74) is 10.8. The molecule has 1 unspecified atom stereocenters. The molecule has 0 amide bonds. The van der Waals surface area contributed by atoms with Crippen LogP contribution in [0.2, 0.25) is 0 Å². The van der Waals surface area contributed by atoms with E-state index in [4.69, 9.17) is 16.6 Å². The van der Waals surface area contributed by atoms with Gasteiger partial charge in [0.1, 0.15) is 12.1 Å². The summed E-state index contributed by atoms with van der Waals surface area (Å²) in [7, 11) is 0. The van der Waals surface area contributed by atoms with Crippen molar-refractivity contribution in [3.63, 3.8) is 0 Å². The molecule has 7 nitrogen and oxygen atoms in total. The van der Waals surface area contributed by atoms with E-state index in [1.54, 1.807) is 0 Å². The van der Waals surface area contributed by atoms with E-state index < -0.39 is 36.4 Å². The lowest BCUT2D eigenvalue weighted by molar-refractivity contribution is -0.163. The van der Waals surface area contributed by atoms with Crippen molar-refractivity contribution in [1.82, 2.24) is 0 Å². The van der Waals surface area contributed by atoms with Crippen LogP contribution < -0.4 is 11.5 Å². The van der Waals surface area contributed by atoms with Crippen LogP contribution in [0.5, 0.6) is 0 Å². The minimum absolute atomic E-state index is 0.278. The average Bonchev–Trinajstić information content (AvgIpc) is 2.37. The molecule has 5 N–H and O–H groups in total. The number of esters is 2. The predicted octanol–water partition coefficient (Wildman–Crippen LogP) is 0.0980. The number of hydrogen-bond donors (Lipinski definition) is 3. The number of ether oxygens (including phenoxy) is 1. The van der Waals surface area contributed by atoms with E-state index >= 15 is 0 Å². The predicted molar refractivity (Wildman–Crippen MR) is 74.9 cm³/mol. The van der Waals surface area contributed by atoms with E-state index in [9.17, 15) is 14.4 Å². The Morgan fingerprint density at radius 2 is 1.86 bits per heavy atom. The van der Waals surface area contributed by atoms with Gasteiger partial charge in [-0.3, -0.25) is 4.79 Å². The van der Waals surface area contributed by atoms with Crippen molar-refractivity contribution in [2.24, 2.45) is 16.9 Å². The van der Waals surface area contributed by atoms with Crippen LogP contribution in [0.1, 0.15) is 26.2 Å². The fourth-order valence-electron chi connectivity index (χ4n) is 2.03. The number of carboxylic acid groups (broad SMARTS) is 1. The second-order valence-electron chi connectivity index (χ2n) is 5.40. The first-order chi connectivity index (χ1) is 9.73. The molecule has 1 aliphatic carbocycles. The lowest BCUT2D eigenvalue weighted by atomic mass is 9.78. The lowest BCUT2D eigenvalue weighted by Gasteiger charge is -2.28. The molecule has 116 valence electrons. The third-order valence-electron chi connectivity index (χ3n) is 3.22. The number of rotatable bonds is 6. The number of allylic oxidation sites excluding steroid dienone is 4. The highest BCUT2D eigenvalue weighted by molar-refractivity contribution is 5.92. The van der Waals surface area contributed by atoms with Gasteiger partial charge in [0.25, 0.3) is 0 Å². The lowest BCUT2D eigenvalue weighted by Crippen LogP contribution is -2.42. The molecule has 21 heavy (non-hydrogen) atoms. The van der Waals surface area contributed by atoms with Gasteiger partial charge in [-0.15, -0.1) is 0 Å². The maximum Gasteiger partial charge on any atom is 0.331 e. The van der Waals surface area contributed by atoms with Crippen molar-refractivity contribution in [2.45, 2.75) is 38.3 Å². The van der Waals surface area contributed by atoms with Crippen molar-refractivity contribution < 1.29 is 24.2 Å². The SMILES string of the molecule is CC1(C[C@H](N)C(=O)OC(=O)[C@@H](N)CC(=O)O)C=CC=CC1. The first kappa shape index (κ1) is 17.1. The third-order valence-corrected chi connectivity index (χ3v) is 3.22. The maximum absolute atomic E-state index is 11.7. The minimum atomic E-state index is -1.38. The van der Waals surface area contributed by atoms with Crippen LogP contribution in [0, 0.1) is 5.41 Å². The zero-order chi connectivity index (χ0) is 16.0. The monoisotopic (exact) mass is 296 g/mol. The van der Waals surface area contributed by atoms with Gasteiger partial charge in [0, 0.05) is 0 Å². The van der Waals surface area contributed by atoms with Crippen LogP contribution >= 0.6 is 0 Å². The molecule has 0 aliphatic heterocycles. The number of nitrogens with two attached hydrogens (primary N) is 2. The largest absolute Gasteiger partial charge is 0.481 e. The summed E-state index contributed by atoms with van der Waals surface area (Å²) < 4.78 is 4.53. The van der Waals surface area contributed by atoms with Gasteiger partial charge >= 0.3 is 17.9 Å². The van der Waals surface area contributed by atoms with Gasteiger partial charge in [-0.05, 0) is 18.3 Å². The van der Waals surface area contributed by atoms with Crippen molar-refractivity contribution in [2.75, 3.05) is 0 Å². The van der Waals surface area contributed by atoms with Crippen LogP contribution in [0.15, 0.2) is 24.3 Å². The van der Waals surface area contributed by atoms with Crippen LogP contribution in [0.3, 0.4) is 0 Å². The second kappa shape index (κ2) is 7.14. The first-order valence-electron chi connectivity index (χ1n) is 6.56. The number of aliphatic carboxylic acids is 1. The molecule has 0 heterocycles. The van der Waals surface area contributed by atoms with Gasteiger partial charge in [0.15, 0.2) is 0 Å². The van der Waals surface area contributed by atoms with Crippen LogP contribution in [-0.2, 0) is 19.1 Å². The fraction of sp³-hybridized carbons (Fsp3) is 0.500. The minimum Gasteiger partial charge on any atom is -0.481 e. The Morgan fingerprint density at radius 3 is 2.38 bits per heavy atom. The van der Waals surface area contributed by atoms with E-state index in [1.165, 1.54) is 0 Å². The van der Waals surface area contributed by atoms with Crippen molar-refractivity contribution in [3.05, 3.63) is 24.3 Å². The molecule has 0 spiro atoms. The highest BCUT2D eigenvalue weighted by Gasteiger charge is 2.30. The van der Waals surface area contributed by atoms with Crippen LogP contribution in [0.4, 0.5) is 0 Å². The zero-order valence-corrected chi connectivity index (χ0v) is 11.8. The summed E-state index contributed by atoms with van der Waals surface area (Å²) in [5, 5.41) is 8.51. The molecule has 1 rings (SSSR count). The molecule has 0 aromatic heterocycles. The Balaban J connectivity index is 2.51. The quantitative estimate of drug-likeness (QED) is 0.467. The van der Waals surface area contributed by atoms with Gasteiger partial charge in [-0.2, -0.15) is 0 Å². The highest BCUT2D eigenvalue weighted by Crippen LogP contribution is 2.32. The highest BCUT2D eigenvalue weighted by atomic mass is 16.6. The molecule has 3 atom stereocenters. The molecular formula is C14H20N2O5. The van der Waals surface area contributed by atoms with Gasteiger partial charge in [-0.25, -0.2) is 9.59 Å². The Bertz CT molecular complexity index is 486. The van der Waals surface area contributed by atoms with Crippen molar-refractivity contribution in [1.29, 1.82) is 0 Å². The Labute approximate surface area is 122 Å². The Kier molecular flexibility index (Phi) is 5.80. The molecule has 0 aromatic carbocycles. The smallest absolute Gasteiger partial charge is 0.331 e. The van der Waals surface area contributed by atoms with E-state index in [0.717, 1.165) is 6.42 Å².